The number of anilines is 2. The first kappa shape index (κ1) is 23.7. The number of halogens is 1. The molecule has 3 heterocycles. The number of aromatic nitrogens is 3. The van der Waals surface area contributed by atoms with Gasteiger partial charge in [-0.05, 0) is 34.7 Å². The fraction of sp³-hybridized carbons (Fsp3) is 0.0741. The van der Waals surface area contributed by atoms with Crippen LogP contribution in [0, 0.1) is 0 Å². The van der Waals surface area contributed by atoms with Crippen molar-refractivity contribution in [1.82, 2.24) is 15.0 Å². The summed E-state index contributed by atoms with van der Waals surface area (Å²) in [6.07, 6.45) is 5.94. The Balaban J connectivity index is 1.71. The van der Waals surface area contributed by atoms with Gasteiger partial charge < -0.3 is 5.32 Å². The van der Waals surface area contributed by atoms with Gasteiger partial charge in [0.15, 0.2) is 0 Å². The third kappa shape index (κ3) is 5.15. The Bertz CT molecular complexity index is 1650. The van der Waals surface area contributed by atoms with E-state index in [0.717, 1.165) is 33.8 Å². The van der Waals surface area contributed by atoms with Crippen molar-refractivity contribution in [2.24, 2.45) is 0 Å². The summed E-state index contributed by atoms with van der Waals surface area (Å²) in [5.41, 5.74) is 4.54. The van der Waals surface area contributed by atoms with Crippen LogP contribution in [0.1, 0.15) is 5.69 Å². The van der Waals surface area contributed by atoms with E-state index in [4.69, 9.17) is 16.6 Å². The highest BCUT2D eigenvalue weighted by atomic mass is 35.5. The normalized spacial score (nSPS) is 11.4. The molecule has 0 saturated carbocycles. The molecule has 0 fully saturated rings. The number of hydrogen-bond donors (Lipinski definition) is 2. The van der Waals surface area contributed by atoms with Crippen molar-refractivity contribution in [2.75, 3.05) is 16.3 Å². The van der Waals surface area contributed by atoms with Gasteiger partial charge in [0.2, 0.25) is 10.0 Å². The van der Waals surface area contributed by atoms with Gasteiger partial charge in [0.25, 0.3) is 0 Å². The first-order chi connectivity index (χ1) is 17.4. The van der Waals surface area contributed by atoms with E-state index < -0.39 is 10.0 Å². The first-order valence-electron chi connectivity index (χ1n) is 11.1. The number of pyridine rings is 3. The number of benzene rings is 2. The predicted molar refractivity (Wildman–Crippen MR) is 145 cm³/mol. The van der Waals surface area contributed by atoms with Gasteiger partial charge in [0, 0.05) is 28.9 Å². The molecule has 0 spiro atoms. The standard InChI is InChI=1S/C27H22ClN5O2S/c1-36(34,35)33-21-14-19(15-29-16-21)24-23-12-7-11-22(18-8-3-2-4-9-18)25(23)27(32-26(24)28)31-17-20-10-5-6-13-30-20/h2-16,33H,17H2,1H3,(H,31,32). The summed E-state index contributed by atoms with van der Waals surface area (Å²) >= 11 is 6.78. The summed E-state index contributed by atoms with van der Waals surface area (Å²) in [6.45, 7) is 0.469. The molecule has 9 heteroatoms. The number of nitrogens with one attached hydrogen (secondary N) is 2. The van der Waals surface area contributed by atoms with Crippen LogP contribution in [0.2, 0.25) is 5.15 Å². The number of hydrogen-bond acceptors (Lipinski definition) is 6. The number of nitrogens with zero attached hydrogens (tertiary/aromatic N) is 3. The van der Waals surface area contributed by atoms with Crippen LogP contribution in [-0.2, 0) is 16.6 Å². The fourth-order valence-corrected chi connectivity index (χ4v) is 4.96. The molecule has 3 aromatic heterocycles. The SMILES string of the molecule is CS(=O)(=O)Nc1cncc(-c2c(Cl)nc(NCc3ccccn3)c3c(-c4ccccc4)cccc23)c1. The maximum absolute atomic E-state index is 11.8. The highest BCUT2D eigenvalue weighted by Crippen LogP contribution is 2.42. The van der Waals surface area contributed by atoms with E-state index in [2.05, 4.69) is 20.0 Å². The zero-order valence-corrected chi connectivity index (χ0v) is 20.9. The van der Waals surface area contributed by atoms with Crippen molar-refractivity contribution in [3.8, 4) is 22.3 Å². The van der Waals surface area contributed by atoms with Crippen LogP contribution in [0.5, 0.6) is 0 Å². The molecule has 0 aliphatic rings. The van der Waals surface area contributed by atoms with E-state index in [9.17, 15) is 8.42 Å². The number of sulfonamides is 1. The van der Waals surface area contributed by atoms with Crippen LogP contribution in [-0.4, -0.2) is 29.6 Å². The molecule has 7 nitrogen and oxygen atoms in total. The molecule has 2 N–H and O–H groups in total. The smallest absolute Gasteiger partial charge is 0.229 e. The Morgan fingerprint density at radius 1 is 0.917 bits per heavy atom. The second kappa shape index (κ2) is 9.93. The second-order valence-electron chi connectivity index (χ2n) is 8.23. The lowest BCUT2D eigenvalue weighted by Crippen LogP contribution is -2.09. The summed E-state index contributed by atoms with van der Waals surface area (Å²) in [5.74, 6) is 0.627. The van der Waals surface area contributed by atoms with Gasteiger partial charge in [0.1, 0.15) is 11.0 Å². The number of rotatable bonds is 7. The van der Waals surface area contributed by atoms with Crippen LogP contribution in [0.15, 0.2) is 91.4 Å². The highest BCUT2D eigenvalue weighted by Gasteiger charge is 2.19. The maximum Gasteiger partial charge on any atom is 0.229 e. The van der Waals surface area contributed by atoms with Crippen molar-refractivity contribution >= 4 is 43.9 Å². The number of fused-ring (bicyclic) bond motifs is 1. The Hall–Kier alpha value is -4.01. The molecule has 5 aromatic rings. The molecule has 0 unspecified atom stereocenters. The Labute approximate surface area is 214 Å². The van der Waals surface area contributed by atoms with Crippen LogP contribution < -0.4 is 10.0 Å². The minimum atomic E-state index is -3.47. The topological polar surface area (TPSA) is 96.9 Å². The van der Waals surface area contributed by atoms with E-state index in [0.29, 0.717) is 29.2 Å². The van der Waals surface area contributed by atoms with E-state index in [-0.39, 0.29) is 5.15 Å². The van der Waals surface area contributed by atoms with E-state index in [1.807, 2.05) is 66.7 Å². The zero-order chi connectivity index (χ0) is 25.1. The van der Waals surface area contributed by atoms with E-state index in [1.165, 1.54) is 6.20 Å². The van der Waals surface area contributed by atoms with Gasteiger partial charge in [-0.3, -0.25) is 14.7 Å². The van der Waals surface area contributed by atoms with Gasteiger partial charge in [-0.1, -0.05) is 66.2 Å². The Morgan fingerprint density at radius 3 is 2.47 bits per heavy atom. The quantitative estimate of drug-likeness (QED) is 0.258. The van der Waals surface area contributed by atoms with Gasteiger partial charge in [-0.15, -0.1) is 0 Å². The largest absolute Gasteiger partial charge is 0.364 e. The van der Waals surface area contributed by atoms with Gasteiger partial charge in [0.05, 0.1) is 30.4 Å². The van der Waals surface area contributed by atoms with Crippen molar-refractivity contribution in [3.05, 3.63) is 102 Å². The lowest BCUT2D eigenvalue weighted by atomic mass is 9.94. The molecule has 0 aliphatic heterocycles. The lowest BCUT2D eigenvalue weighted by molar-refractivity contribution is 0.607. The monoisotopic (exact) mass is 515 g/mol. The molecule has 36 heavy (non-hydrogen) atoms. The van der Waals surface area contributed by atoms with Gasteiger partial charge in [-0.25, -0.2) is 13.4 Å². The van der Waals surface area contributed by atoms with Crippen LogP contribution in [0.4, 0.5) is 11.5 Å². The average molecular weight is 516 g/mol. The van der Waals surface area contributed by atoms with Crippen LogP contribution in [0.25, 0.3) is 33.0 Å². The van der Waals surface area contributed by atoms with Crippen molar-refractivity contribution in [3.63, 3.8) is 0 Å². The molecule has 2 aromatic carbocycles. The lowest BCUT2D eigenvalue weighted by Gasteiger charge is -2.17. The third-order valence-electron chi connectivity index (χ3n) is 5.56. The zero-order valence-electron chi connectivity index (χ0n) is 19.3. The third-order valence-corrected chi connectivity index (χ3v) is 6.44. The van der Waals surface area contributed by atoms with E-state index >= 15 is 0 Å². The summed E-state index contributed by atoms with van der Waals surface area (Å²) < 4.78 is 26.0. The minimum absolute atomic E-state index is 0.273. The fourth-order valence-electron chi connectivity index (χ4n) is 4.12. The van der Waals surface area contributed by atoms with Gasteiger partial charge >= 0.3 is 0 Å². The second-order valence-corrected chi connectivity index (χ2v) is 10.3. The molecule has 0 bridgehead atoms. The minimum Gasteiger partial charge on any atom is -0.364 e. The van der Waals surface area contributed by atoms with Crippen molar-refractivity contribution < 1.29 is 8.42 Å². The summed E-state index contributed by atoms with van der Waals surface area (Å²) in [7, 11) is -3.47. The maximum atomic E-state index is 11.8. The molecular weight excluding hydrogens is 494 g/mol. The molecule has 0 aliphatic carbocycles. The molecular formula is C27H22ClN5O2S. The predicted octanol–water partition coefficient (Wildman–Crippen LogP) is 6.00. The summed E-state index contributed by atoms with van der Waals surface area (Å²) in [5, 5.41) is 5.43. The van der Waals surface area contributed by atoms with Crippen LogP contribution >= 0.6 is 11.6 Å². The Kier molecular flexibility index (Phi) is 6.54. The van der Waals surface area contributed by atoms with E-state index in [1.54, 1.807) is 18.5 Å². The summed E-state index contributed by atoms with van der Waals surface area (Å²) in [4.78, 5) is 13.4. The summed E-state index contributed by atoms with van der Waals surface area (Å²) in [6, 6.07) is 23.5. The average Bonchev–Trinajstić information content (AvgIpc) is 2.87. The first-order valence-corrected chi connectivity index (χ1v) is 13.4. The molecule has 0 atom stereocenters. The molecule has 180 valence electrons. The molecule has 5 rings (SSSR count). The van der Waals surface area contributed by atoms with Gasteiger partial charge in [-0.2, -0.15) is 0 Å². The molecule has 0 amide bonds. The Morgan fingerprint density at radius 2 is 1.72 bits per heavy atom. The van der Waals surface area contributed by atoms with Crippen LogP contribution in [0.3, 0.4) is 0 Å². The molecule has 0 radical (unpaired) electrons. The molecule has 0 saturated heterocycles. The van der Waals surface area contributed by atoms with Crippen molar-refractivity contribution in [2.45, 2.75) is 6.54 Å². The highest BCUT2D eigenvalue weighted by molar-refractivity contribution is 7.92. The van der Waals surface area contributed by atoms with Crippen molar-refractivity contribution in [1.29, 1.82) is 0 Å².